The van der Waals surface area contributed by atoms with Crippen molar-refractivity contribution in [3.8, 4) is 17.2 Å². The first-order valence-electron chi connectivity index (χ1n) is 5.71. The fraction of sp³-hybridized carbons (Fsp3) is 0.333. The van der Waals surface area contributed by atoms with E-state index in [1.807, 2.05) is 25.1 Å². The topological polar surface area (TPSA) is 69.4 Å². The molecule has 1 N–H and O–H groups in total. The molecule has 0 bridgehead atoms. The largest absolute Gasteiger partial charge is 0.486 e. The summed E-state index contributed by atoms with van der Waals surface area (Å²) < 4.78 is 12.7. The number of hydrogen-bond acceptors (Lipinski definition) is 5. The maximum absolute atomic E-state index is 9.11. The summed E-state index contributed by atoms with van der Waals surface area (Å²) in [6.45, 7) is 2.87. The Hall–Kier alpha value is -2.08. The molecule has 0 fully saturated rings. The van der Waals surface area contributed by atoms with Gasteiger partial charge < -0.3 is 14.6 Å². The molecule has 18 heavy (non-hydrogen) atoms. The van der Waals surface area contributed by atoms with Crippen LogP contribution in [0.5, 0.6) is 11.5 Å². The first-order chi connectivity index (χ1) is 8.79. The third kappa shape index (κ3) is 1.70. The van der Waals surface area contributed by atoms with Crippen molar-refractivity contribution in [2.24, 2.45) is 0 Å². The summed E-state index contributed by atoms with van der Waals surface area (Å²) in [5.74, 6) is 1.45. The van der Waals surface area contributed by atoms with Gasteiger partial charge in [-0.25, -0.2) is 4.68 Å². The molecule has 0 saturated carbocycles. The Labute approximate surface area is 104 Å². The minimum Gasteiger partial charge on any atom is -0.486 e. The number of aromatic nitrogens is 3. The first-order valence-corrected chi connectivity index (χ1v) is 5.71. The molecule has 0 amide bonds. The molecule has 2 aromatic rings. The number of nitrogens with zero attached hydrogens (tertiary/aromatic N) is 3. The van der Waals surface area contributed by atoms with E-state index in [0.717, 1.165) is 17.1 Å². The molecule has 1 aromatic heterocycles. The van der Waals surface area contributed by atoms with Gasteiger partial charge in [0.15, 0.2) is 11.5 Å². The number of fused-ring (bicyclic) bond motifs is 1. The summed E-state index contributed by atoms with van der Waals surface area (Å²) in [5, 5.41) is 17.0. The summed E-state index contributed by atoms with van der Waals surface area (Å²) >= 11 is 0. The molecule has 94 valence electrons. The summed E-state index contributed by atoms with van der Waals surface area (Å²) in [4.78, 5) is 0. The molecule has 0 radical (unpaired) electrons. The lowest BCUT2D eigenvalue weighted by atomic mass is 10.2. The van der Waals surface area contributed by atoms with Crippen molar-refractivity contribution in [1.82, 2.24) is 15.0 Å². The average molecular weight is 247 g/mol. The third-order valence-corrected chi connectivity index (χ3v) is 2.91. The summed E-state index contributed by atoms with van der Waals surface area (Å²) in [5.41, 5.74) is 2.23. The van der Waals surface area contributed by atoms with Gasteiger partial charge in [-0.1, -0.05) is 5.21 Å². The lowest BCUT2D eigenvalue weighted by Crippen LogP contribution is -2.15. The van der Waals surface area contributed by atoms with Gasteiger partial charge in [-0.15, -0.1) is 5.10 Å². The Morgan fingerprint density at radius 3 is 2.78 bits per heavy atom. The number of benzene rings is 1. The standard InChI is InChI=1S/C12H13N3O3/c1-8-10(7-16)13-14-15(8)9-2-3-11-12(6-9)18-5-4-17-11/h2-3,6,16H,4-5,7H2,1H3. The molecule has 0 saturated heterocycles. The monoisotopic (exact) mass is 247 g/mol. The van der Waals surface area contributed by atoms with Gasteiger partial charge in [0, 0.05) is 6.07 Å². The molecule has 0 spiro atoms. The highest BCUT2D eigenvalue weighted by Gasteiger charge is 2.15. The van der Waals surface area contributed by atoms with Crippen LogP contribution in [0.25, 0.3) is 5.69 Å². The van der Waals surface area contributed by atoms with Gasteiger partial charge in [-0.05, 0) is 19.1 Å². The van der Waals surface area contributed by atoms with Crippen LogP contribution in [0.4, 0.5) is 0 Å². The molecule has 1 aliphatic rings. The zero-order valence-electron chi connectivity index (χ0n) is 9.96. The van der Waals surface area contributed by atoms with E-state index in [2.05, 4.69) is 10.3 Å². The van der Waals surface area contributed by atoms with Gasteiger partial charge in [-0.2, -0.15) is 0 Å². The molecule has 2 heterocycles. The summed E-state index contributed by atoms with van der Waals surface area (Å²) in [7, 11) is 0. The Morgan fingerprint density at radius 1 is 1.28 bits per heavy atom. The normalized spacial score (nSPS) is 13.7. The maximum atomic E-state index is 9.11. The van der Waals surface area contributed by atoms with Crippen LogP contribution < -0.4 is 9.47 Å². The minimum absolute atomic E-state index is 0.115. The quantitative estimate of drug-likeness (QED) is 0.851. The van der Waals surface area contributed by atoms with Gasteiger partial charge in [0.25, 0.3) is 0 Å². The van der Waals surface area contributed by atoms with Crippen LogP contribution in [0.1, 0.15) is 11.4 Å². The van der Waals surface area contributed by atoms with E-state index in [9.17, 15) is 0 Å². The Kier molecular flexibility index (Phi) is 2.64. The summed E-state index contributed by atoms with van der Waals surface area (Å²) in [6, 6.07) is 5.59. The van der Waals surface area contributed by atoms with Crippen molar-refractivity contribution >= 4 is 0 Å². The van der Waals surface area contributed by atoms with E-state index in [1.165, 1.54) is 0 Å². The smallest absolute Gasteiger partial charge is 0.163 e. The third-order valence-electron chi connectivity index (χ3n) is 2.91. The van der Waals surface area contributed by atoms with Crippen molar-refractivity contribution in [2.45, 2.75) is 13.5 Å². The second-order valence-corrected chi connectivity index (χ2v) is 4.02. The fourth-order valence-electron chi connectivity index (χ4n) is 1.92. The van der Waals surface area contributed by atoms with Crippen molar-refractivity contribution in [3.63, 3.8) is 0 Å². The predicted molar refractivity (Wildman–Crippen MR) is 63.0 cm³/mol. The van der Waals surface area contributed by atoms with Crippen LogP contribution in [-0.2, 0) is 6.61 Å². The molecular weight excluding hydrogens is 234 g/mol. The molecule has 6 nitrogen and oxygen atoms in total. The van der Waals surface area contributed by atoms with Crippen LogP contribution >= 0.6 is 0 Å². The molecule has 1 aromatic carbocycles. The predicted octanol–water partition coefficient (Wildman–Crippen LogP) is 0.839. The van der Waals surface area contributed by atoms with Crippen LogP contribution in [0.3, 0.4) is 0 Å². The van der Waals surface area contributed by atoms with Crippen LogP contribution in [-0.4, -0.2) is 33.3 Å². The minimum atomic E-state index is -0.115. The first kappa shape index (κ1) is 11.0. The second-order valence-electron chi connectivity index (χ2n) is 4.02. The molecule has 3 rings (SSSR count). The Balaban J connectivity index is 2.03. The molecule has 6 heteroatoms. The van der Waals surface area contributed by atoms with Gasteiger partial charge in [0.05, 0.1) is 18.0 Å². The Morgan fingerprint density at radius 2 is 2.06 bits per heavy atom. The number of aliphatic hydroxyl groups excluding tert-OH is 1. The van der Waals surface area contributed by atoms with Gasteiger partial charge in [0.1, 0.15) is 18.9 Å². The SMILES string of the molecule is Cc1c(CO)nnn1-c1ccc2c(c1)OCCO2. The van der Waals surface area contributed by atoms with Crippen molar-refractivity contribution in [2.75, 3.05) is 13.2 Å². The van der Waals surface area contributed by atoms with E-state index in [0.29, 0.717) is 24.7 Å². The highest BCUT2D eigenvalue weighted by molar-refractivity contribution is 5.49. The fourth-order valence-corrected chi connectivity index (χ4v) is 1.92. The molecule has 1 aliphatic heterocycles. The van der Waals surface area contributed by atoms with Gasteiger partial charge >= 0.3 is 0 Å². The number of rotatable bonds is 2. The lowest BCUT2D eigenvalue weighted by molar-refractivity contribution is 0.171. The van der Waals surface area contributed by atoms with Gasteiger partial charge in [-0.3, -0.25) is 0 Å². The van der Waals surface area contributed by atoms with E-state index in [-0.39, 0.29) is 6.61 Å². The number of ether oxygens (including phenoxy) is 2. The van der Waals surface area contributed by atoms with Crippen LogP contribution in [0.15, 0.2) is 18.2 Å². The van der Waals surface area contributed by atoms with Crippen molar-refractivity contribution in [3.05, 3.63) is 29.6 Å². The summed E-state index contributed by atoms with van der Waals surface area (Å²) in [6.07, 6.45) is 0. The van der Waals surface area contributed by atoms with Crippen molar-refractivity contribution in [1.29, 1.82) is 0 Å². The van der Waals surface area contributed by atoms with E-state index in [4.69, 9.17) is 14.6 Å². The zero-order valence-corrected chi connectivity index (χ0v) is 9.96. The van der Waals surface area contributed by atoms with E-state index < -0.39 is 0 Å². The van der Waals surface area contributed by atoms with E-state index >= 15 is 0 Å². The lowest BCUT2D eigenvalue weighted by Gasteiger charge is -2.18. The maximum Gasteiger partial charge on any atom is 0.163 e. The molecule has 0 atom stereocenters. The van der Waals surface area contributed by atoms with Crippen LogP contribution in [0.2, 0.25) is 0 Å². The molecular formula is C12H13N3O3. The number of aliphatic hydroxyl groups is 1. The van der Waals surface area contributed by atoms with Gasteiger partial charge in [0.2, 0.25) is 0 Å². The average Bonchev–Trinajstić information content (AvgIpc) is 2.79. The molecule has 0 aliphatic carbocycles. The Bertz CT molecular complexity index is 580. The second kappa shape index (κ2) is 4.30. The highest BCUT2D eigenvalue weighted by Crippen LogP contribution is 2.32. The zero-order chi connectivity index (χ0) is 12.5. The highest BCUT2D eigenvalue weighted by atomic mass is 16.6. The van der Waals surface area contributed by atoms with E-state index in [1.54, 1.807) is 4.68 Å². The molecule has 0 unspecified atom stereocenters. The van der Waals surface area contributed by atoms with Crippen molar-refractivity contribution < 1.29 is 14.6 Å². The van der Waals surface area contributed by atoms with Crippen LogP contribution in [0, 0.1) is 6.92 Å². The number of hydrogen-bond donors (Lipinski definition) is 1.